The van der Waals surface area contributed by atoms with Gasteiger partial charge >= 0.3 is 12.0 Å². The summed E-state index contributed by atoms with van der Waals surface area (Å²) in [4.78, 5) is 23.5. The van der Waals surface area contributed by atoms with Gasteiger partial charge in [-0.1, -0.05) is 6.08 Å². The van der Waals surface area contributed by atoms with Crippen molar-refractivity contribution in [2.45, 2.75) is 20.3 Å². The Morgan fingerprint density at radius 3 is 2.67 bits per heavy atom. The number of hydrogen-bond donors (Lipinski definition) is 3. The van der Waals surface area contributed by atoms with Crippen molar-refractivity contribution in [2.75, 3.05) is 11.9 Å². The van der Waals surface area contributed by atoms with Gasteiger partial charge in [-0.15, -0.1) is 17.9 Å². The molecule has 0 atom stereocenters. The van der Waals surface area contributed by atoms with Crippen LogP contribution in [-0.4, -0.2) is 23.7 Å². The number of thiophene rings is 1. The van der Waals surface area contributed by atoms with E-state index in [-0.39, 0.29) is 5.56 Å². The van der Waals surface area contributed by atoms with E-state index in [1.165, 1.54) is 11.3 Å². The molecular formula is C12H16N2O3S. The summed E-state index contributed by atoms with van der Waals surface area (Å²) in [5.41, 5.74) is 0.852. The first kappa shape index (κ1) is 14.2. The van der Waals surface area contributed by atoms with E-state index in [0.29, 0.717) is 23.5 Å². The standard InChI is InChI=1S/C12H16N2O3S/c1-4-5-6-13-12(17)14-10-9(11(15)16)7(2)8(3)18-10/h4H,1,5-6H2,2-3H3,(H,15,16)(H2,13,14,17). The van der Waals surface area contributed by atoms with Gasteiger partial charge in [-0.3, -0.25) is 5.32 Å². The van der Waals surface area contributed by atoms with Crippen LogP contribution in [0, 0.1) is 13.8 Å². The Morgan fingerprint density at radius 1 is 1.44 bits per heavy atom. The number of aromatic carboxylic acids is 1. The lowest BCUT2D eigenvalue weighted by molar-refractivity contribution is 0.0697. The predicted octanol–water partition coefficient (Wildman–Crippen LogP) is 2.76. The summed E-state index contributed by atoms with van der Waals surface area (Å²) in [6, 6.07) is -0.402. The second-order valence-corrected chi connectivity index (χ2v) is 4.98. The molecule has 18 heavy (non-hydrogen) atoms. The van der Waals surface area contributed by atoms with Crippen molar-refractivity contribution in [3.8, 4) is 0 Å². The quantitative estimate of drug-likeness (QED) is 0.567. The molecule has 0 bridgehead atoms. The number of carbonyl (C=O) groups is 2. The molecule has 0 radical (unpaired) electrons. The zero-order valence-corrected chi connectivity index (χ0v) is 11.2. The topological polar surface area (TPSA) is 78.4 Å². The van der Waals surface area contributed by atoms with Gasteiger partial charge in [-0.2, -0.15) is 0 Å². The third-order valence-electron chi connectivity index (χ3n) is 2.46. The highest BCUT2D eigenvalue weighted by atomic mass is 32.1. The Labute approximate surface area is 110 Å². The van der Waals surface area contributed by atoms with Crippen LogP contribution in [0.2, 0.25) is 0 Å². The first-order chi connectivity index (χ1) is 8.47. The molecule has 6 heteroatoms. The molecule has 1 aromatic heterocycles. The second kappa shape index (κ2) is 6.20. The second-order valence-electron chi connectivity index (χ2n) is 3.75. The van der Waals surface area contributed by atoms with Crippen LogP contribution in [0.25, 0.3) is 0 Å². The van der Waals surface area contributed by atoms with E-state index in [1.807, 2.05) is 6.92 Å². The summed E-state index contributed by atoms with van der Waals surface area (Å²) in [5.74, 6) is -1.03. The molecule has 0 fully saturated rings. The molecule has 0 saturated heterocycles. The number of nitrogens with one attached hydrogen (secondary N) is 2. The van der Waals surface area contributed by atoms with E-state index in [2.05, 4.69) is 17.2 Å². The fourth-order valence-electron chi connectivity index (χ4n) is 1.41. The number of anilines is 1. The maximum absolute atomic E-state index is 11.5. The van der Waals surface area contributed by atoms with E-state index in [9.17, 15) is 9.59 Å². The molecule has 0 aromatic carbocycles. The number of hydrogen-bond acceptors (Lipinski definition) is 3. The molecule has 0 spiro atoms. The zero-order chi connectivity index (χ0) is 13.7. The average Bonchev–Trinajstić information content (AvgIpc) is 2.54. The molecule has 0 aliphatic rings. The largest absolute Gasteiger partial charge is 0.478 e. The molecule has 1 rings (SSSR count). The smallest absolute Gasteiger partial charge is 0.338 e. The number of amides is 2. The first-order valence-corrected chi connectivity index (χ1v) is 6.28. The number of carbonyl (C=O) groups excluding carboxylic acids is 1. The molecular weight excluding hydrogens is 252 g/mol. The lowest BCUT2D eigenvalue weighted by Gasteiger charge is -2.05. The number of carboxylic acids is 1. The van der Waals surface area contributed by atoms with E-state index < -0.39 is 12.0 Å². The van der Waals surface area contributed by atoms with Crippen molar-refractivity contribution in [2.24, 2.45) is 0 Å². The van der Waals surface area contributed by atoms with Gasteiger partial charge in [0.15, 0.2) is 0 Å². The van der Waals surface area contributed by atoms with E-state index in [0.717, 1.165) is 4.88 Å². The van der Waals surface area contributed by atoms with Crippen LogP contribution < -0.4 is 10.6 Å². The van der Waals surface area contributed by atoms with Crippen molar-refractivity contribution in [1.82, 2.24) is 5.32 Å². The maximum atomic E-state index is 11.5. The maximum Gasteiger partial charge on any atom is 0.338 e. The highest BCUT2D eigenvalue weighted by Crippen LogP contribution is 2.32. The molecule has 0 saturated carbocycles. The molecule has 98 valence electrons. The SMILES string of the molecule is C=CCCNC(=O)Nc1sc(C)c(C)c1C(=O)O. The van der Waals surface area contributed by atoms with Gasteiger partial charge in [-0.25, -0.2) is 9.59 Å². The van der Waals surface area contributed by atoms with Crippen molar-refractivity contribution in [3.05, 3.63) is 28.7 Å². The van der Waals surface area contributed by atoms with E-state index >= 15 is 0 Å². The Balaban J connectivity index is 2.78. The Morgan fingerprint density at radius 2 is 2.11 bits per heavy atom. The van der Waals surface area contributed by atoms with Gasteiger partial charge in [0.05, 0.1) is 5.56 Å². The number of urea groups is 1. The van der Waals surface area contributed by atoms with Gasteiger partial charge in [-0.05, 0) is 25.8 Å². The van der Waals surface area contributed by atoms with E-state index in [4.69, 9.17) is 5.11 Å². The van der Waals surface area contributed by atoms with Crippen LogP contribution in [0.5, 0.6) is 0 Å². The summed E-state index contributed by atoms with van der Waals surface area (Å²) >= 11 is 1.26. The van der Waals surface area contributed by atoms with Crippen LogP contribution in [0.15, 0.2) is 12.7 Å². The van der Waals surface area contributed by atoms with Gasteiger partial charge < -0.3 is 10.4 Å². The first-order valence-electron chi connectivity index (χ1n) is 5.46. The van der Waals surface area contributed by atoms with Crippen LogP contribution >= 0.6 is 11.3 Å². The number of rotatable bonds is 5. The van der Waals surface area contributed by atoms with Crippen molar-refractivity contribution < 1.29 is 14.7 Å². The van der Waals surface area contributed by atoms with E-state index in [1.54, 1.807) is 13.0 Å². The third-order valence-corrected chi connectivity index (χ3v) is 3.58. The van der Waals surface area contributed by atoms with Crippen LogP contribution in [0.4, 0.5) is 9.80 Å². The molecule has 2 amide bonds. The Hall–Kier alpha value is -1.82. The molecule has 1 heterocycles. The van der Waals surface area contributed by atoms with Crippen LogP contribution in [0.3, 0.4) is 0 Å². The molecule has 0 aliphatic heterocycles. The van der Waals surface area contributed by atoms with Crippen molar-refractivity contribution in [1.29, 1.82) is 0 Å². The minimum atomic E-state index is -1.03. The highest BCUT2D eigenvalue weighted by molar-refractivity contribution is 7.16. The molecule has 1 aromatic rings. The van der Waals surface area contributed by atoms with Crippen molar-refractivity contribution in [3.63, 3.8) is 0 Å². The van der Waals surface area contributed by atoms with Gasteiger partial charge in [0.25, 0.3) is 0 Å². The minimum absolute atomic E-state index is 0.163. The van der Waals surface area contributed by atoms with Gasteiger partial charge in [0.1, 0.15) is 5.00 Å². The predicted molar refractivity (Wildman–Crippen MR) is 72.6 cm³/mol. The third kappa shape index (κ3) is 3.33. The fourth-order valence-corrected chi connectivity index (χ4v) is 2.46. The lowest BCUT2D eigenvalue weighted by atomic mass is 10.1. The normalized spacial score (nSPS) is 9.89. The van der Waals surface area contributed by atoms with Crippen molar-refractivity contribution >= 4 is 28.3 Å². The van der Waals surface area contributed by atoms with Crippen LogP contribution in [0.1, 0.15) is 27.2 Å². The number of carboxylic acid groups (broad SMARTS) is 1. The summed E-state index contributed by atoms with van der Waals surface area (Å²) in [6.07, 6.45) is 2.37. The highest BCUT2D eigenvalue weighted by Gasteiger charge is 2.19. The fraction of sp³-hybridized carbons (Fsp3) is 0.333. The lowest BCUT2D eigenvalue weighted by Crippen LogP contribution is -2.29. The average molecular weight is 268 g/mol. The Kier molecular flexibility index (Phi) is 4.91. The van der Waals surface area contributed by atoms with Crippen LogP contribution in [-0.2, 0) is 0 Å². The molecule has 0 aliphatic carbocycles. The summed E-state index contributed by atoms with van der Waals surface area (Å²) in [5, 5.41) is 14.7. The minimum Gasteiger partial charge on any atom is -0.478 e. The molecule has 0 unspecified atom stereocenters. The summed E-state index contributed by atoms with van der Waals surface area (Å²) in [6.45, 7) is 7.58. The molecule has 3 N–H and O–H groups in total. The Bertz CT molecular complexity index is 480. The molecule has 5 nitrogen and oxygen atoms in total. The van der Waals surface area contributed by atoms with Gasteiger partial charge in [0.2, 0.25) is 0 Å². The summed E-state index contributed by atoms with van der Waals surface area (Å²) < 4.78 is 0. The van der Waals surface area contributed by atoms with Gasteiger partial charge in [0, 0.05) is 11.4 Å². The monoisotopic (exact) mass is 268 g/mol. The summed E-state index contributed by atoms with van der Waals surface area (Å²) in [7, 11) is 0. The number of aryl methyl sites for hydroxylation is 1. The zero-order valence-electron chi connectivity index (χ0n) is 10.4.